The Morgan fingerprint density at radius 3 is 1.50 bits per heavy atom. The summed E-state index contributed by atoms with van der Waals surface area (Å²) in [6.45, 7) is 1.74. The Hall–Kier alpha value is -3.64. The van der Waals surface area contributed by atoms with Crippen molar-refractivity contribution in [3.8, 4) is 11.8 Å². The molecule has 4 aromatic rings. The largest absolute Gasteiger partial charge is 0.500 e. The SMILES string of the molecule is CC#Cc1cc(Cl)c(C2=C(OC)CC(Cc3ccccn3)C2=O)c(Cl)c1.COC1=C(c2c(Cl)cc(Br)cc2Cl)C(=O)C(Cc2ccccn2)C1. The fraction of sp³-hybridized carbons (Fsp3) is 0.231. The van der Waals surface area contributed by atoms with E-state index in [-0.39, 0.29) is 23.4 Å². The van der Waals surface area contributed by atoms with Crippen molar-refractivity contribution in [2.75, 3.05) is 14.2 Å². The molecule has 2 aliphatic carbocycles. The number of ether oxygens (including phenoxy) is 2. The molecule has 0 amide bonds. The molecule has 6 nitrogen and oxygen atoms in total. The summed E-state index contributed by atoms with van der Waals surface area (Å²) >= 11 is 28.9. The van der Waals surface area contributed by atoms with E-state index in [1.54, 1.807) is 57.8 Å². The standard InChI is InChI=1S/C21H17Cl2NO2.C18H14BrCl2NO2/c1-3-6-13-9-16(22)19(17(23)10-13)20-18(26-2)12-14(21(20)25)11-15-7-4-5-8-24-15;1-24-15-7-10(6-12-4-2-3-5-22-12)18(23)17(15)16-13(20)8-11(19)9-14(16)21/h4-5,7-10,14H,11-12H2,1-2H3;2-5,8-10H,6-7H2,1H3. The second-order valence-electron chi connectivity index (χ2n) is 11.5. The van der Waals surface area contributed by atoms with Crippen LogP contribution in [0.1, 0.15) is 47.8 Å². The van der Waals surface area contributed by atoms with Crippen molar-refractivity contribution in [2.45, 2.75) is 32.6 Å². The van der Waals surface area contributed by atoms with Gasteiger partial charge in [-0.05, 0) is 55.5 Å². The lowest BCUT2D eigenvalue weighted by Crippen LogP contribution is -2.14. The van der Waals surface area contributed by atoms with Crippen molar-refractivity contribution in [3.05, 3.63) is 137 Å². The van der Waals surface area contributed by atoms with Gasteiger partial charge in [-0.15, -0.1) is 5.92 Å². The highest BCUT2D eigenvalue weighted by Gasteiger charge is 2.38. The van der Waals surface area contributed by atoms with E-state index >= 15 is 0 Å². The van der Waals surface area contributed by atoms with Gasteiger partial charge < -0.3 is 9.47 Å². The molecule has 2 atom stereocenters. The third-order valence-corrected chi connectivity index (χ3v) is 9.98. The van der Waals surface area contributed by atoms with E-state index in [2.05, 4.69) is 37.7 Å². The first-order valence-corrected chi connectivity index (χ1v) is 17.9. The van der Waals surface area contributed by atoms with Crippen LogP contribution >= 0.6 is 62.3 Å². The van der Waals surface area contributed by atoms with Gasteiger partial charge in [-0.25, -0.2) is 0 Å². The number of carbonyl (C=O) groups excluding carboxylic acids is 2. The molecule has 2 aliphatic rings. The number of rotatable bonds is 8. The lowest BCUT2D eigenvalue weighted by atomic mass is 9.94. The van der Waals surface area contributed by atoms with Gasteiger partial charge in [0.15, 0.2) is 11.6 Å². The number of pyridine rings is 2. The number of halogens is 5. The number of benzene rings is 2. The quantitative estimate of drug-likeness (QED) is 0.165. The lowest BCUT2D eigenvalue weighted by Gasteiger charge is -2.11. The van der Waals surface area contributed by atoms with Gasteiger partial charge in [-0.1, -0.05) is 80.4 Å². The second kappa shape index (κ2) is 17.0. The van der Waals surface area contributed by atoms with Gasteiger partial charge in [0.1, 0.15) is 11.5 Å². The number of nitrogens with zero attached hydrogens (tertiary/aromatic N) is 2. The summed E-state index contributed by atoms with van der Waals surface area (Å²) < 4.78 is 11.7. The Morgan fingerprint density at radius 2 is 1.14 bits per heavy atom. The van der Waals surface area contributed by atoms with Crippen LogP contribution < -0.4 is 0 Å². The van der Waals surface area contributed by atoms with E-state index in [1.165, 1.54) is 0 Å². The molecule has 0 radical (unpaired) electrons. The van der Waals surface area contributed by atoms with Crippen molar-refractivity contribution < 1.29 is 19.1 Å². The maximum absolute atomic E-state index is 13.1. The lowest BCUT2D eigenvalue weighted by molar-refractivity contribution is -0.117. The van der Waals surface area contributed by atoms with E-state index in [9.17, 15) is 9.59 Å². The minimum Gasteiger partial charge on any atom is -0.500 e. The minimum absolute atomic E-state index is 0.0105. The molecule has 0 saturated heterocycles. The highest BCUT2D eigenvalue weighted by atomic mass is 79.9. The number of hydrogen-bond donors (Lipinski definition) is 0. The van der Waals surface area contributed by atoms with Gasteiger partial charge in [0.25, 0.3) is 0 Å². The van der Waals surface area contributed by atoms with Gasteiger partial charge in [0, 0.05) is 82.5 Å². The van der Waals surface area contributed by atoms with E-state index in [4.69, 9.17) is 55.9 Å². The predicted molar refractivity (Wildman–Crippen MR) is 203 cm³/mol. The van der Waals surface area contributed by atoms with Gasteiger partial charge >= 0.3 is 0 Å². The second-order valence-corrected chi connectivity index (χ2v) is 14.1. The van der Waals surface area contributed by atoms with Crippen LogP contribution in [0.25, 0.3) is 11.1 Å². The van der Waals surface area contributed by atoms with E-state index < -0.39 is 0 Å². The molecule has 0 N–H and O–H groups in total. The van der Waals surface area contributed by atoms with Crippen molar-refractivity contribution >= 4 is 85.0 Å². The fourth-order valence-corrected chi connectivity index (χ4v) is 8.17. The molecule has 2 aromatic carbocycles. The average Bonchev–Trinajstić information content (AvgIpc) is 3.56. The number of aromatic nitrogens is 2. The van der Waals surface area contributed by atoms with Crippen LogP contribution in [0, 0.1) is 23.7 Å². The van der Waals surface area contributed by atoms with Crippen LogP contribution in [-0.4, -0.2) is 35.8 Å². The number of Topliss-reactive ketones (excluding diaryl/α,β-unsaturated/α-hetero) is 2. The van der Waals surface area contributed by atoms with Crippen molar-refractivity contribution in [1.29, 1.82) is 0 Å². The molecular weight excluding hydrogens is 782 g/mol. The highest BCUT2D eigenvalue weighted by molar-refractivity contribution is 9.10. The maximum Gasteiger partial charge on any atom is 0.170 e. The molecule has 0 bridgehead atoms. The molecule has 256 valence electrons. The summed E-state index contributed by atoms with van der Waals surface area (Å²) in [6, 6.07) is 18.2. The molecule has 2 unspecified atom stereocenters. The monoisotopic (exact) mass is 810 g/mol. The summed E-state index contributed by atoms with van der Waals surface area (Å²) in [5.41, 5.74) is 4.43. The van der Waals surface area contributed by atoms with Crippen LogP contribution in [0.3, 0.4) is 0 Å². The predicted octanol–water partition coefficient (Wildman–Crippen LogP) is 10.3. The molecule has 2 heterocycles. The number of methoxy groups -OCH3 is 2. The summed E-state index contributed by atoms with van der Waals surface area (Å²) in [6.07, 6.45) is 5.57. The summed E-state index contributed by atoms with van der Waals surface area (Å²) in [7, 11) is 3.12. The molecule has 2 aromatic heterocycles. The first-order chi connectivity index (χ1) is 24.1. The minimum atomic E-state index is -0.239. The number of ketones is 2. The zero-order valence-electron chi connectivity index (χ0n) is 27.3. The van der Waals surface area contributed by atoms with Crippen molar-refractivity contribution in [1.82, 2.24) is 9.97 Å². The normalized spacial score (nSPS) is 17.0. The molecular formula is C39H31BrCl4N2O4. The zero-order valence-corrected chi connectivity index (χ0v) is 31.9. The average molecular weight is 813 g/mol. The van der Waals surface area contributed by atoms with Crippen LogP contribution in [0.2, 0.25) is 20.1 Å². The van der Waals surface area contributed by atoms with E-state index in [0.29, 0.717) is 85.1 Å². The molecule has 6 rings (SSSR count). The molecule has 0 spiro atoms. The molecule has 0 saturated carbocycles. The number of allylic oxidation sites excluding steroid dienone is 4. The Morgan fingerprint density at radius 1 is 0.720 bits per heavy atom. The van der Waals surface area contributed by atoms with Crippen molar-refractivity contribution in [2.24, 2.45) is 11.8 Å². The van der Waals surface area contributed by atoms with E-state index in [0.717, 1.165) is 15.9 Å². The van der Waals surface area contributed by atoms with Gasteiger partial charge in [-0.3, -0.25) is 19.6 Å². The van der Waals surface area contributed by atoms with Gasteiger partial charge in [-0.2, -0.15) is 0 Å². The Bertz CT molecular complexity index is 2010. The first kappa shape index (κ1) is 37.6. The van der Waals surface area contributed by atoms with Gasteiger partial charge in [0.05, 0.1) is 45.5 Å². The van der Waals surface area contributed by atoms with Crippen molar-refractivity contribution in [3.63, 3.8) is 0 Å². The summed E-state index contributed by atoms with van der Waals surface area (Å²) in [5, 5.41) is 1.63. The van der Waals surface area contributed by atoms with Crippen LogP contribution in [-0.2, 0) is 31.9 Å². The van der Waals surface area contributed by atoms with Crippen LogP contribution in [0.4, 0.5) is 0 Å². The topological polar surface area (TPSA) is 78.4 Å². The Kier molecular flexibility index (Phi) is 12.8. The Labute approximate surface area is 319 Å². The fourth-order valence-electron chi connectivity index (χ4n) is 6.10. The molecule has 0 aliphatic heterocycles. The maximum atomic E-state index is 13.1. The Balaban J connectivity index is 0.000000195. The first-order valence-electron chi connectivity index (χ1n) is 15.6. The third kappa shape index (κ3) is 8.45. The number of hydrogen-bond acceptors (Lipinski definition) is 6. The molecule has 11 heteroatoms. The third-order valence-electron chi connectivity index (χ3n) is 8.33. The van der Waals surface area contributed by atoms with E-state index in [1.807, 2.05) is 36.4 Å². The van der Waals surface area contributed by atoms with Gasteiger partial charge in [0.2, 0.25) is 0 Å². The molecule has 50 heavy (non-hydrogen) atoms. The number of carbonyl (C=O) groups is 2. The smallest absolute Gasteiger partial charge is 0.170 e. The zero-order chi connectivity index (χ0) is 35.9. The summed E-state index contributed by atoms with van der Waals surface area (Å²) in [5.74, 6) is 6.47. The van der Waals surface area contributed by atoms with Crippen LogP contribution in [0.15, 0.2) is 89.0 Å². The van der Waals surface area contributed by atoms with Crippen LogP contribution in [0.5, 0.6) is 0 Å². The highest BCUT2D eigenvalue weighted by Crippen LogP contribution is 2.44. The summed E-state index contributed by atoms with van der Waals surface area (Å²) in [4.78, 5) is 34.7. The molecule has 0 fully saturated rings.